The van der Waals surface area contributed by atoms with E-state index in [1.54, 1.807) is 0 Å². The van der Waals surface area contributed by atoms with Crippen molar-refractivity contribution in [1.29, 1.82) is 0 Å². The fourth-order valence-corrected chi connectivity index (χ4v) is 8.16. The third-order valence-electron chi connectivity index (χ3n) is 10.0. The highest BCUT2D eigenvalue weighted by Gasteiger charge is 2.54. The molecule has 7 rings (SSSR count). The average molecular weight is 575 g/mol. The number of nitrogens with zero attached hydrogens (tertiary/aromatic N) is 1. The molecule has 0 spiro atoms. The summed E-state index contributed by atoms with van der Waals surface area (Å²) in [7, 11) is 1.48. The minimum atomic E-state index is -0.329. The minimum Gasteiger partial charge on any atom is -0.466 e. The molecule has 1 unspecified atom stereocenters. The van der Waals surface area contributed by atoms with Crippen LogP contribution < -0.4 is 10.9 Å². The van der Waals surface area contributed by atoms with Crippen LogP contribution in [-0.4, -0.2) is 24.0 Å². The molecular weight excluding hydrogens is 536 g/mol. The molecule has 3 aromatic carbocycles. The van der Waals surface area contributed by atoms with Crippen LogP contribution in [0.1, 0.15) is 67.7 Å². The maximum Gasteiger partial charge on any atom is 0.360 e. The summed E-state index contributed by atoms with van der Waals surface area (Å²) < 4.78 is 11.4. The lowest BCUT2D eigenvalue weighted by Crippen LogP contribution is -2.54. The van der Waals surface area contributed by atoms with Gasteiger partial charge in [0.05, 0.1) is 18.7 Å². The van der Waals surface area contributed by atoms with Crippen LogP contribution in [-0.2, 0) is 16.1 Å². The summed E-state index contributed by atoms with van der Waals surface area (Å²) in [6, 6.07) is 28.4. The van der Waals surface area contributed by atoms with Gasteiger partial charge in [0.2, 0.25) is 0 Å². The maximum atomic E-state index is 13.8. The zero-order valence-corrected chi connectivity index (χ0v) is 24.8. The summed E-state index contributed by atoms with van der Waals surface area (Å²) in [4.78, 5) is 30.0. The molecule has 0 bridgehead atoms. The van der Waals surface area contributed by atoms with Gasteiger partial charge in [0, 0.05) is 41.1 Å². The third-order valence-corrected chi connectivity index (χ3v) is 10.0. The predicted octanol–water partition coefficient (Wildman–Crippen LogP) is 7.57. The minimum absolute atomic E-state index is 0.0295. The molecule has 0 saturated heterocycles. The van der Waals surface area contributed by atoms with E-state index < -0.39 is 0 Å². The Labute approximate surface area is 252 Å². The van der Waals surface area contributed by atoms with Crippen molar-refractivity contribution < 1.29 is 13.9 Å². The van der Waals surface area contributed by atoms with E-state index in [0.29, 0.717) is 29.3 Å². The van der Waals surface area contributed by atoms with Crippen LogP contribution in [0.5, 0.6) is 0 Å². The molecule has 6 nitrogen and oxygen atoms in total. The van der Waals surface area contributed by atoms with Gasteiger partial charge in [0.1, 0.15) is 11.3 Å². The number of hydrogen-bond acceptors (Lipinski definition) is 6. The molecule has 43 heavy (non-hydrogen) atoms. The van der Waals surface area contributed by atoms with Crippen molar-refractivity contribution in [3.05, 3.63) is 123 Å². The topological polar surface area (TPSA) is 71.8 Å². The smallest absolute Gasteiger partial charge is 0.360 e. The highest BCUT2D eigenvalue weighted by atomic mass is 16.5. The van der Waals surface area contributed by atoms with Crippen LogP contribution in [0.15, 0.2) is 105 Å². The summed E-state index contributed by atoms with van der Waals surface area (Å²) in [5.74, 6) is -0.190. The van der Waals surface area contributed by atoms with Crippen LogP contribution in [0.4, 0.5) is 5.69 Å². The van der Waals surface area contributed by atoms with Crippen LogP contribution >= 0.6 is 0 Å². The fraction of sp³-hybridized carbons (Fsp3) is 0.351. The van der Waals surface area contributed by atoms with Gasteiger partial charge in [-0.1, -0.05) is 98.1 Å². The maximum absolute atomic E-state index is 13.8. The number of benzene rings is 3. The van der Waals surface area contributed by atoms with Crippen LogP contribution in [0.3, 0.4) is 0 Å². The van der Waals surface area contributed by atoms with Crippen molar-refractivity contribution in [1.82, 2.24) is 4.90 Å². The Hall–Kier alpha value is -4.32. The molecule has 0 amide bonds. The molecule has 1 aromatic heterocycles. The molecule has 3 heterocycles. The Morgan fingerprint density at radius 3 is 2.33 bits per heavy atom. The van der Waals surface area contributed by atoms with Gasteiger partial charge in [-0.2, -0.15) is 0 Å². The van der Waals surface area contributed by atoms with E-state index in [9.17, 15) is 9.59 Å². The number of carbonyl (C=O) groups excluding carboxylic acids is 1. The van der Waals surface area contributed by atoms with Crippen molar-refractivity contribution in [2.45, 2.75) is 63.6 Å². The third kappa shape index (κ3) is 4.73. The number of esters is 1. The first-order chi connectivity index (χ1) is 21.1. The SMILES string of the molecule is COC(=O)C1=C(C)N(Cc2ccccc2)[C@@H]2c3c(c(=O)oc4ccccc34)N[C@@H](C3CCCCC3)[C@@H]2C1c1ccccc1. The van der Waals surface area contributed by atoms with Gasteiger partial charge in [-0.05, 0) is 42.9 Å². The number of nitrogens with one attached hydrogen (secondary N) is 1. The van der Waals surface area contributed by atoms with E-state index in [-0.39, 0.29) is 35.5 Å². The lowest BCUT2D eigenvalue weighted by Gasteiger charge is -2.55. The van der Waals surface area contributed by atoms with Crippen molar-refractivity contribution in [3.63, 3.8) is 0 Å². The first-order valence-corrected chi connectivity index (χ1v) is 15.5. The summed E-state index contributed by atoms with van der Waals surface area (Å²) in [6.45, 7) is 2.65. The summed E-state index contributed by atoms with van der Waals surface area (Å²) in [5, 5.41) is 4.73. The second kappa shape index (κ2) is 11.4. The molecule has 4 atom stereocenters. The average Bonchev–Trinajstić information content (AvgIpc) is 3.06. The lowest BCUT2D eigenvalue weighted by atomic mass is 9.62. The summed E-state index contributed by atoms with van der Waals surface area (Å²) >= 11 is 0. The van der Waals surface area contributed by atoms with E-state index in [0.717, 1.165) is 40.6 Å². The van der Waals surface area contributed by atoms with E-state index in [2.05, 4.69) is 64.8 Å². The van der Waals surface area contributed by atoms with Crippen molar-refractivity contribution in [2.24, 2.45) is 11.8 Å². The molecular formula is C37H38N2O4. The molecule has 1 N–H and O–H groups in total. The monoisotopic (exact) mass is 574 g/mol. The Morgan fingerprint density at radius 1 is 0.930 bits per heavy atom. The van der Waals surface area contributed by atoms with E-state index in [1.807, 2.05) is 37.3 Å². The van der Waals surface area contributed by atoms with Crippen LogP contribution in [0, 0.1) is 11.8 Å². The van der Waals surface area contributed by atoms with E-state index >= 15 is 0 Å². The number of rotatable bonds is 5. The fourth-order valence-electron chi connectivity index (χ4n) is 8.16. The highest BCUT2D eigenvalue weighted by molar-refractivity contribution is 5.92. The molecule has 1 saturated carbocycles. The van der Waals surface area contributed by atoms with Gasteiger partial charge in [0.25, 0.3) is 0 Å². The summed E-state index contributed by atoms with van der Waals surface area (Å²) in [6.07, 6.45) is 5.75. The van der Waals surface area contributed by atoms with Gasteiger partial charge in [-0.15, -0.1) is 0 Å². The molecule has 0 radical (unpaired) electrons. The van der Waals surface area contributed by atoms with Crippen molar-refractivity contribution >= 4 is 22.6 Å². The number of ether oxygens (including phenoxy) is 1. The van der Waals surface area contributed by atoms with Crippen LogP contribution in [0.25, 0.3) is 11.0 Å². The molecule has 6 heteroatoms. The number of carbonyl (C=O) groups is 1. The van der Waals surface area contributed by atoms with Crippen molar-refractivity contribution in [2.75, 3.05) is 12.4 Å². The predicted molar refractivity (Wildman–Crippen MR) is 169 cm³/mol. The second-order valence-electron chi connectivity index (χ2n) is 12.3. The van der Waals surface area contributed by atoms with Gasteiger partial charge in [-0.25, -0.2) is 9.59 Å². The van der Waals surface area contributed by atoms with Crippen LogP contribution in [0.2, 0.25) is 0 Å². The number of methoxy groups -OCH3 is 1. The molecule has 2 aliphatic heterocycles. The quantitative estimate of drug-likeness (QED) is 0.196. The van der Waals surface area contributed by atoms with Gasteiger partial charge < -0.3 is 19.4 Å². The molecule has 220 valence electrons. The van der Waals surface area contributed by atoms with Crippen molar-refractivity contribution in [3.8, 4) is 0 Å². The Bertz CT molecular complexity index is 1720. The van der Waals surface area contributed by atoms with Gasteiger partial charge in [0.15, 0.2) is 0 Å². The normalized spacial score (nSPS) is 23.8. The summed E-state index contributed by atoms with van der Waals surface area (Å²) in [5.41, 5.74) is 5.60. The zero-order chi connectivity index (χ0) is 29.5. The highest BCUT2D eigenvalue weighted by Crippen LogP contribution is 2.57. The molecule has 4 aromatic rings. The zero-order valence-electron chi connectivity index (χ0n) is 24.8. The van der Waals surface area contributed by atoms with Gasteiger partial charge in [-0.3, -0.25) is 0 Å². The van der Waals surface area contributed by atoms with E-state index in [1.165, 1.54) is 26.4 Å². The first kappa shape index (κ1) is 27.5. The Kier molecular flexibility index (Phi) is 7.29. The number of hydrogen-bond donors (Lipinski definition) is 1. The molecule has 1 aliphatic carbocycles. The second-order valence-corrected chi connectivity index (χ2v) is 12.3. The first-order valence-electron chi connectivity index (χ1n) is 15.5. The largest absolute Gasteiger partial charge is 0.466 e. The van der Waals surface area contributed by atoms with E-state index in [4.69, 9.17) is 9.15 Å². The van der Waals surface area contributed by atoms with Gasteiger partial charge >= 0.3 is 11.6 Å². The number of fused-ring (bicyclic) bond motifs is 5. The standard InChI is InChI=1S/C37H38N2O4/c1-23-29(36(40)42-2)30(25-16-8-4-9-17-25)32-33(26-18-10-5-11-19-26)38-34-31(27-20-12-13-21-28(27)43-37(34)41)35(32)39(23)22-24-14-6-3-7-15-24/h3-4,6-9,12-17,20-21,26,30,32-33,35,38H,5,10-11,18-19,22H2,1-2H3/t30?,32-,33-,35+/m0/s1. The lowest BCUT2D eigenvalue weighted by molar-refractivity contribution is -0.137. The number of para-hydroxylation sites is 1. The Balaban J connectivity index is 1.55. The number of allylic oxidation sites excluding steroid dienone is 1. The Morgan fingerprint density at radius 2 is 1.60 bits per heavy atom. The molecule has 1 fully saturated rings. The molecule has 3 aliphatic rings. The number of anilines is 1.